The molecule has 2 amide bonds. The summed E-state index contributed by atoms with van der Waals surface area (Å²) in [6.45, 7) is 6.11. The second-order valence-corrected chi connectivity index (χ2v) is 7.25. The van der Waals surface area contributed by atoms with Gasteiger partial charge in [0.1, 0.15) is 0 Å². The second-order valence-electron chi connectivity index (χ2n) is 7.25. The molecule has 5 heteroatoms. The van der Waals surface area contributed by atoms with Gasteiger partial charge >= 0.3 is 0 Å². The maximum absolute atomic E-state index is 12.5. The Bertz CT molecular complexity index is 574. The Morgan fingerprint density at radius 3 is 2.57 bits per heavy atom. The summed E-state index contributed by atoms with van der Waals surface area (Å²) in [6, 6.07) is 6.83. The van der Waals surface area contributed by atoms with Crippen LogP contribution in [0.1, 0.15) is 50.4 Å². The number of carbonyl (C=O) groups is 2. The van der Waals surface area contributed by atoms with Gasteiger partial charge in [0.25, 0.3) is 5.91 Å². The molecule has 5 nitrogen and oxygen atoms in total. The minimum atomic E-state index is -0.194. The van der Waals surface area contributed by atoms with Crippen molar-refractivity contribution in [1.29, 1.82) is 0 Å². The molecule has 0 heterocycles. The van der Waals surface area contributed by atoms with Gasteiger partial charge in [0.15, 0.2) is 0 Å². The zero-order chi connectivity index (χ0) is 17.0. The largest absolute Gasteiger partial charge is 0.396 e. The van der Waals surface area contributed by atoms with Gasteiger partial charge in [0.05, 0.1) is 0 Å². The van der Waals surface area contributed by atoms with Gasteiger partial charge in [-0.1, -0.05) is 26.8 Å². The lowest BCUT2D eigenvalue weighted by atomic mass is 9.84. The molecule has 1 fully saturated rings. The van der Waals surface area contributed by atoms with E-state index in [9.17, 15) is 14.7 Å². The fourth-order valence-corrected chi connectivity index (χ4v) is 2.42. The number of aliphatic hydroxyl groups is 1. The predicted octanol–water partition coefficient (Wildman–Crippen LogP) is 2.56. The van der Waals surface area contributed by atoms with Crippen LogP contribution in [0.4, 0.5) is 5.69 Å². The molecule has 1 aliphatic rings. The van der Waals surface area contributed by atoms with Crippen LogP contribution in [0.2, 0.25) is 0 Å². The monoisotopic (exact) mass is 318 g/mol. The van der Waals surface area contributed by atoms with Crippen LogP contribution >= 0.6 is 0 Å². The van der Waals surface area contributed by atoms with Crippen molar-refractivity contribution >= 4 is 17.5 Å². The van der Waals surface area contributed by atoms with E-state index in [4.69, 9.17) is 0 Å². The van der Waals surface area contributed by atoms with Gasteiger partial charge < -0.3 is 15.7 Å². The van der Waals surface area contributed by atoms with E-state index in [1.807, 2.05) is 20.8 Å². The van der Waals surface area contributed by atoms with Crippen molar-refractivity contribution in [1.82, 2.24) is 5.32 Å². The van der Waals surface area contributed by atoms with Crippen molar-refractivity contribution in [3.8, 4) is 0 Å². The average Bonchev–Trinajstić information content (AvgIpc) is 3.30. The third-order valence-corrected chi connectivity index (χ3v) is 4.11. The first-order valence-electron chi connectivity index (χ1n) is 8.14. The number of aliphatic hydroxyl groups excluding tert-OH is 1. The van der Waals surface area contributed by atoms with Gasteiger partial charge in [0, 0.05) is 29.8 Å². The van der Waals surface area contributed by atoms with E-state index < -0.39 is 0 Å². The average molecular weight is 318 g/mol. The first-order valence-corrected chi connectivity index (χ1v) is 8.14. The minimum Gasteiger partial charge on any atom is -0.396 e. The maximum Gasteiger partial charge on any atom is 0.251 e. The van der Waals surface area contributed by atoms with Crippen LogP contribution in [-0.2, 0) is 4.79 Å². The standard InChI is InChI=1S/C18H26N2O3/c1-18(2,3)15(9-10-21)20-17(23)13-5-4-6-14(11-13)19-16(22)12-7-8-12/h4-6,11-12,15,21H,7-10H2,1-3H3,(H,19,22)(H,20,23). The highest BCUT2D eigenvalue weighted by Crippen LogP contribution is 2.30. The Morgan fingerprint density at radius 2 is 2.00 bits per heavy atom. The molecule has 0 radical (unpaired) electrons. The Balaban J connectivity index is 2.04. The van der Waals surface area contributed by atoms with Gasteiger partial charge in [-0.15, -0.1) is 0 Å². The van der Waals surface area contributed by atoms with Crippen molar-refractivity contribution in [2.24, 2.45) is 11.3 Å². The lowest BCUT2D eigenvalue weighted by Gasteiger charge is -2.31. The van der Waals surface area contributed by atoms with Gasteiger partial charge in [-0.2, -0.15) is 0 Å². The van der Waals surface area contributed by atoms with Gasteiger partial charge in [-0.05, 0) is 42.9 Å². The summed E-state index contributed by atoms with van der Waals surface area (Å²) in [7, 11) is 0. The highest BCUT2D eigenvalue weighted by atomic mass is 16.3. The molecule has 0 bridgehead atoms. The van der Waals surface area contributed by atoms with Gasteiger partial charge in [-0.3, -0.25) is 9.59 Å². The number of amides is 2. The quantitative estimate of drug-likeness (QED) is 0.754. The molecule has 1 unspecified atom stereocenters. The van der Waals surface area contributed by atoms with Crippen LogP contribution in [0.5, 0.6) is 0 Å². The van der Waals surface area contributed by atoms with E-state index >= 15 is 0 Å². The Morgan fingerprint density at radius 1 is 1.30 bits per heavy atom. The Labute approximate surface area is 137 Å². The summed E-state index contributed by atoms with van der Waals surface area (Å²) in [5.41, 5.74) is 1.01. The summed E-state index contributed by atoms with van der Waals surface area (Å²) in [4.78, 5) is 24.3. The molecular weight excluding hydrogens is 292 g/mol. The molecule has 0 aliphatic heterocycles. The number of hydrogen-bond acceptors (Lipinski definition) is 3. The minimum absolute atomic E-state index is 0.0235. The predicted molar refractivity (Wildman–Crippen MR) is 90.2 cm³/mol. The number of hydrogen-bond donors (Lipinski definition) is 3. The lowest BCUT2D eigenvalue weighted by molar-refractivity contribution is -0.117. The number of benzene rings is 1. The third kappa shape index (κ3) is 5.06. The molecule has 23 heavy (non-hydrogen) atoms. The van der Waals surface area contributed by atoms with Gasteiger partial charge in [0.2, 0.25) is 5.91 Å². The Kier molecular flexibility index (Phi) is 5.42. The van der Waals surface area contributed by atoms with Crippen molar-refractivity contribution in [3.05, 3.63) is 29.8 Å². The first kappa shape index (κ1) is 17.5. The molecule has 1 aromatic rings. The fourth-order valence-electron chi connectivity index (χ4n) is 2.42. The highest BCUT2D eigenvalue weighted by molar-refractivity contribution is 5.98. The molecule has 0 spiro atoms. The van der Waals surface area contributed by atoms with Crippen molar-refractivity contribution in [2.75, 3.05) is 11.9 Å². The van der Waals surface area contributed by atoms with E-state index in [0.717, 1.165) is 12.8 Å². The second kappa shape index (κ2) is 7.13. The normalized spacial score (nSPS) is 15.8. The van der Waals surface area contributed by atoms with Crippen LogP contribution in [0.15, 0.2) is 24.3 Å². The number of carbonyl (C=O) groups excluding carboxylic acids is 2. The zero-order valence-electron chi connectivity index (χ0n) is 14.1. The van der Waals surface area contributed by atoms with E-state index in [1.54, 1.807) is 24.3 Å². The van der Waals surface area contributed by atoms with Crippen molar-refractivity contribution in [3.63, 3.8) is 0 Å². The molecule has 0 saturated heterocycles. The molecule has 1 aliphatic carbocycles. The first-order chi connectivity index (χ1) is 10.8. The molecule has 0 aromatic heterocycles. The summed E-state index contributed by atoms with van der Waals surface area (Å²) in [6.07, 6.45) is 2.40. The molecule has 1 atom stereocenters. The fraction of sp³-hybridized carbons (Fsp3) is 0.556. The SMILES string of the molecule is CC(C)(C)C(CCO)NC(=O)c1cccc(NC(=O)C2CC2)c1. The molecule has 2 rings (SSSR count). The zero-order valence-corrected chi connectivity index (χ0v) is 14.1. The van der Waals surface area contributed by atoms with E-state index in [1.165, 1.54) is 0 Å². The smallest absolute Gasteiger partial charge is 0.251 e. The summed E-state index contributed by atoms with van der Waals surface area (Å²) >= 11 is 0. The van der Waals surface area contributed by atoms with Crippen LogP contribution in [0, 0.1) is 11.3 Å². The molecule has 126 valence electrons. The van der Waals surface area contributed by atoms with E-state index in [-0.39, 0.29) is 35.8 Å². The van der Waals surface area contributed by atoms with Crippen molar-refractivity contribution < 1.29 is 14.7 Å². The number of nitrogens with one attached hydrogen (secondary N) is 2. The topological polar surface area (TPSA) is 78.4 Å². The van der Waals surface area contributed by atoms with E-state index in [0.29, 0.717) is 17.7 Å². The molecule has 1 saturated carbocycles. The van der Waals surface area contributed by atoms with Crippen LogP contribution in [0.3, 0.4) is 0 Å². The summed E-state index contributed by atoms with van der Waals surface area (Å²) in [5.74, 6) is -0.0430. The van der Waals surface area contributed by atoms with Gasteiger partial charge in [-0.25, -0.2) is 0 Å². The maximum atomic E-state index is 12.5. The van der Waals surface area contributed by atoms with Crippen LogP contribution in [0.25, 0.3) is 0 Å². The lowest BCUT2D eigenvalue weighted by Crippen LogP contribution is -2.44. The van der Waals surface area contributed by atoms with Crippen molar-refractivity contribution in [2.45, 2.75) is 46.1 Å². The highest BCUT2D eigenvalue weighted by Gasteiger charge is 2.30. The van der Waals surface area contributed by atoms with Crippen LogP contribution < -0.4 is 10.6 Å². The van der Waals surface area contributed by atoms with Crippen LogP contribution in [-0.4, -0.2) is 29.6 Å². The Hall–Kier alpha value is -1.88. The summed E-state index contributed by atoms with van der Waals surface area (Å²) in [5, 5.41) is 15.0. The van der Waals surface area contributed by atoms with E-state index in [2.05, 4.69) is 10.6 Å². The summed E-state index contributed by atoms with van der Waals surface area (Å²) < 4.78 is 0. The number of anilines is 1. The molecule has 1 aromatic carbocycles. The number of rotatable bonds is 6. The molecule has 3 N–H and O–H groups in total. The molecular formula is C18H26N2O3. The third-order valence-electron chi connectivity index (χ3n) is 4.11.